The van der Waals surface area contributed by atoms with Crippen molar-refractivity contribution in [3.8, 4) is 5.75 Å². The van der Waals surface area contributed by atoms with Gasteiger partial charge in [0, 0.05) is 16.8 Å². The first kappa shape index (κ1) is 34.2. The Kier molecular flexibility index (Phi) is 11.9. The molecule has 10 nitrogen and oxygen atoms in total. The van der Waals surface area contributed by atoms with Crippen LogP contribution in [0.15, 0.2) is 75.6 Å². The number of aliphatic imine (C=N–C) groups is 3. The Morgan fingerprint density at radius 2 is 1.85 bits per heavy atom. The summed E-state index contributed by atoms with van der Waals surface area (Å²) < 4.78 is 48.2. The smallest absolute Gasteiger partial charge is 0.347 e. The standard InChI is InChI=1S/C32H33F3N6O4S/c1-19-4-5-23(15-44-14-21(3)33)27(12-19)41-29(42)17-46-32(41)40-31(43)39-26-11-6-22(13-20(26)2)30(36)38-18-37-24-7-9-25(10-8-24)45-16-28(34)35/h4-13,18,21,28H,14-17H2,1-3H3,(H,39,43)(H2,36,37,38)/b40-32-. The number of urea groups is 1. The van der Waals surface area contributed by atoms with Gasteiger partial charge in [0.05, 0.1) is 30.3 Å². The molecule has 0 spiro atoms. The van der Waals surface area contributed by atoms with Crippen LogP contribution in [0.2, 0.25) is 0 Å². The van der Waals surface area contributed by atoms with E-state index in [2.05, 4.69) is 20.3 Å². The molecular weight excluding hydrogens is 621 g/mol. The van der Waals surface area contributed by atoms with Crippen LogP contribution < -0.4 is 20.7 Å². The number of carbonyl (C=O) groups is 2. The van der Waals surface area contributed by atoms with Crippen LogP contribution in [-0.4, -0.2) is 60.8 Å². The van der Waals surface area contributed by atoms with E-state index in [1.807, 2.05) is 19.1 Å². The van der Waals surface area contributed by atoms with Crippen LogP contribution in [0.4, 0.5) is 35.0 Å². The number of alkyl halides is 3. The van der Waals surface area contributed by atoms with E-state index in [0.717, 1.165) is 17.3 Å². The number of hydrogen-bond donors (Lipinski definition) is 2. The molecule has 3 aromatic rings. The average molecular weight is 655 g/mol. The van der Waals surface area contributed by atoms with Gasteiger partial charge in [-0.1, -0.05) is 23.9 Å². The number of carbonyl (C=O) groups excluding carboxylic acids is 2. The van der Waals surface area contributed by atoms with Crippen molar-refractivity contribution in [2.45, 2.75) is 40.0 Å². The fourth-order valence-corrected chi connectivity index (χ4v) is 5.09. The van der Waals surface area contributed by atoms with Gasteiger partial charge in [-0.2, -0.15) is 4.99 Å². The highest BCUT2D eigenvalue weighted by atomic mass is 32.2. The molecule has 0 bridgehead atoms. The highest BCUT2D eigenvalue weighted by Gasteiger charge is 2.32. The maximum Gasteiger partial charge on any atom is 0.347 e. The molecule has 4 rings (SSSR count). The second-order valence-electron chi connectivity index (χ2n) is 10.3. The molecule has 1 aliphatic heterocycles. The van der Waals surface area contributed by atoms with E-state index >= 15 is 0 Å². The summed E-state index contributed by atoms with van der Waals surface area (Å²) in [7, 11) is 0. The van der Waals surface area contributed by atoms with Crippen molar-refractivity contribution in [1.29, 1.82) is 0 Å². The SMILES string of the molecule is Cc1ccc(COCC(C)F)c(N2C(=O)CS/C2=N\C(=O)Nc2ccc(C(N)=NC=Nc3ccc(OCC(F)F)cc3)cc2C)c1. The van der Waals surface area contributed by atoms with Crippen LogP contribution in [0.1, 0.15) is 29.2 Å². The summed E-state index contributed by atoms with van der Waals surface area (Å²) in [6.07, 6.45) is -2.42. The highest BCUT2D eigenvalue weighted by molar-refractivity contribution is 8.15. The van der Waals surface area contributed by atoms with Gasteiger partial charge in [-0.05, 0) is 80.4 Å². The number of anilines is 2. The molecule has 46 heavy (non-hydrogen) atoms. The van der Waals surface area contributed by atoms with Crippen molar-refractivity contribution in [2.75, 3.05) is 29.2 Å². The van der Waals surface area contributed by atoms with E-state index in [9.17, 15) is 22.8 Å². The van der Waals surface area contributed by atoms with Gasteiger partial charge in [0.15, 0.2) is 5.17 Å². The number of halogens is 3. The molecule has 242 valence electrons. The summed E-state index contributed by atoms with van der Waals surface area (Å²) in [4.78, 5) is 39.7. The van der Waals surface area contributed by atoms with Gasteiger partial charge in [-0.3, -0.25) is 9.69 Å². The molecule has 1 heterocycles. The summed E-state index contributed by atoms with van der Waals surface area (Å²) in [6.45, 7) is 4.38. The molecule has 1 saturated heterocycles. The third-order valence-corrected chi connectivity index (χ3v) is 7.35. The average Bonchev–Trinajstić information content (AvgIpc) is 3.37. The van der Waals surface area contributed by atoms with Gasteiger partial charge < -0.3 is 20.5 Å². The number of amides is 3. The molecule has 0 aliphatic carbocycles. The Balaban J connectivity index is 1.42. The van der Waals surface area contributed by atoms with Crippen molar-refractivity contribution >= 4 is 58.1 Å². The zero-order chi connectivity index (χ0) is 33.2. The van der Waals surface area contributed by atoms with Crippen LogP contribution in [0.5, 0.6) is 5.75 Å². The zero-order valence-corrected chi connectivity index (χ0v) is 26.2. The number of benzene rings is 3. The molecule has 1 fully saturated rings. The first-order chi connectivity index (χ1) is 22.0. The summed E-state index contributed by atoms with van der Waals surface area (Å²) in [5.41, 5.74) is 10.5. The Hall–Kier alpha value is -4.69. The number of nitrogens with one attached hydrogen (secondary N) is 1. The first-order valence-electron chi connectivity index (χ1n) is 14.1. The van der Waals surface area contributed by atoms with E-state index in [0.29, 0.717) is 39.5 Å². The minimum Gasteiger partial charge on any atom is -0.488 e. The lowest BCUT2D eigenvalue weighted by molar-refractivity contribution is -0.115. The fraction of sp³-hybridized carbons (Fsp3) is 0.281. The predicted molar refractivity (Wildman–Crippen MR) is 176 cm³/mol. The van der Waals surface area contributed by atoms with Crippen LogP contribution in [0.25, 0.3) is 0 Å². The van der Waals surface area contributed by atoms with Crippen molar-refractivity contribution in [2.24, 2.45) is 20.7 Å². The van der Waals surface area contributed by atoms with Gasteiger partial charge in [0.25, 0.3) is 6.43 Å². The number of aryl methyl sites for hydroxylation is 2. The normalized spacial score (nSPS) is 15.3. The lowest BCUT2D eigenvalue weighted by Crippen LogP contribution is -2.31. The van der Waals surface area contributed by atoms with Crippen molar-refractivity contribution < 1.29 is 32.2 Å². The number of nitrogens with zero attached hydrogens (tertiary/aromatic N) is 4. The molecule has 3 aromatic carbocycles. The second-order valence-corrected chi connectivity index (χ2v) is 11.2. The largest absolute Gasteiger partial charge is 0.488 e. The van der Waals surface area contributed by atoms with Crippen LogP contribution in [0.3, 0.4) is 0 Å². The number of rotatable bonds is 12. The van der Waals surface area contributed by atoms with Gasteiger partial charge in [-0.15, -0.1) is 0 Å². The summed E-state index contributed by atoms with van der Waals surface area (Å²) >= 11 is 1.14. The minimum atomic E-state index is -2.56. The Bertz CT molecular complexity index is 1650. The number of nitrogens with two attached hydrogens (primary N) is 1. The zero-order valence-electron chi connectivity index (χ0n) is 25.4. The van der Waals surface area contributed by atoms with E-state index in [1.165, 1.54) is 30.3 Å². The summed E-state index contributed by atoms with van der Waals surface area (Å²) in [5, 5.41) is 2.96. The predicted octanol–water partition coefficient (Wildman–Crippen LogP) is 6.56. The maximum absolute atomic E-state index is 13.3. The molecular formula is C32H33F3N6O4S. The monoisotopic (exact) mass is 654 g/mol. The van der Waals surface area contributed by atoms with Crippen LogP contribution in [0, 0.1) is 13.8 Å². The third-order valence-electron chi connectivity index (χ3n) is 6.43. The number of thioether (sulfide) groups is 1. The Labute approximate surface area is 268 Å². The molecule has 0 radical (unpaired) electrons. The maximum atomic E-state index is 13.3. The topological polar surface area (TPSA) is 131 Å². The quantitative estimate of drug-likeness (QED) is 0.168. The second kappa shape index (κ2) is 16.0. The minimum absolute atomic E-state index is 0.0813. The van der Waals surface area contributed by atoms with E-state index in [1.54, 1.807) is 43.3 Å². The molecule has 3 amide bonds. The molecule has 1 unspecified atom stereocenters. The lowest BCUT2D eigenvalue weighted by Gasteiger charge is -2.20. The molecule has 1 atom stereocenters. The van der Waals surface area contributed by atoms with E-state index in [4.69, 9.17) is 15.2 Å². The molecule has 3 N–H and O–H groups in total. The lowest BCUT2D eigenvalue weighted by atomic mass is 10.1. The van der Waals surface area contributed by atoms with Gasteiger partial charge in [-0.25, -0.2) is 28.0 Å². The van der Waals surface area contributed by atoms with Crippen molar-refractivity contribution in [3.05, 3.63) is 82.9 Å². The van der Waals surface area contributed by atoms with Crippen molar-refractivity contribution in [1.82, 2.24) is 0 Å². The number of ether oxygens (including phenoxy) is 2. The molecule has 14 heteroatoms. The van der Waals surface area contributed by atoms with Crippen LogP contribution >= 0.6 is 11.8 Å². The summed E-state index contributed by atoms with van der Waals surface area (Å²) in [5.74, 6) is 0.351. The van der Waals surface area contributed by atoms with E-state index in [-0.39, 0.29) is 35.9 Å². The van der Waals surface area contributed by atoms with Gasteiger partial charge in [0.2, 0.25) is 5.91 Å². The fourth-order valence-electron chi connectivity index (χ4n) is 4.23. The highest BCUT2D eigenvalue weighted by Crippen LogP contribution is 2.31. The third kappa shape index (κ3) is 9.65. The molecule has 1 aliphatic rings. The molecule has 0 saturated carbocycles. The van der Waals surface area contributed by atoms with Gasteiger partial charge >= 0.3 is 6.03 Å². The van der Waals surface area contributed by atoms with Crippen LogP contribution in [-0.2, 0) is 16.1 Å². The van der Waals surface area contributed by atoms with Crippen molar-refractivity contribution in [3.63, 3.8) is 0 Å². The van der Waals surface area contributed by atoms with E-state index < -0.39 is 25.2 Å². The molecule has 0 aromatic heterocycles. The summed E-state index contributed by atoms with van der Waals surface area (Å²) in [6, 6.07) is 16.1. The first-order valence-corrected chi connectivity index (χ1v) is 15.1. The Morgan fingerprint density at radius 1 is 1.09 bits per heavy atom. The van der Waals surface area contributed by atoms with Gasteiger partial charge in [0.1, 0.15) is 30.7 Å². The number of amidine groups is 2. The Morgan fingerprint density at radius 3 is 2.54 bits per heavy atom. The number of hydrogen-bond acceptors (Lipinski definition) is 6.